The van der Waals surface area contributed by atoms with Crippen molar-refractivity contribution in [2.45, 2.75) is 38.0 Å². The molecule has 1 aliphatic heterocycles. The third-order valence-corrected chi connectivity index (χ3v) is 4.84. The first kappa shape index (κ1) is 14.2. The Balaban J connectivity index is 1.74. The monoisotopic (exact) mass is 314 g/mol. The quantitative estimate of drug-likeness (QED) is 0.849. The Bertz CT molecular complexity index is 783. The molecular weight excluding hydrogens is 295 g/mol. The van der Waals surface area contributed by atoms with Crippen molar-refractivity contribution in [3.8, 4) is 0 Å². The molecule has 6 heteroatoms. The molecular formula is C17H19FN4O. The normalized spacial score (nSPS) is 19.6. The van der Waals surface area contributed by atoms with E-state index in [1.807, 2.05) is 0 Å². The average Bonchev–Trinajstić information content (AvgIpc) is 2.91. The van der Waals surface area contributed by atoms with E-state index in [1.165, 1.54) is 16.8 Å². The third-order valence-electron chi connectivity index (χ3n) is 4.84. The molecule has 23 heavy (non-hydrogen) atoms. The number of anilines is 2. The van der Waals surface area contributed by atoms with Crippen LogP contribution < -0.4 is 11.1 Å². The minimum atomic E-state index is -0.411. The van der Waals surface area contributed by atoms with Gasteiger partial charge in [0, 0.05) is 17.8 Å². The SMILES string of the molecule is Nc1c2c(nn1C(=O)C1CCNc3ccc(F)cc31)CCCC2. The Morgan fingerprint density at radius 2 is 2.17 bits per heavy atom. The lowest BCUT2D eigenvalue weighted by Gasteiger charge is -2.25. The van der Waals surface area contributed by atoms with Crippen LogP contribution in [-0.4, -0.2) is 22.2 Å². The summed E-state index contributed by atoms with van der Waals surface area (Å²) in [6, 6.07) is 4.52. The maximum Gasteiger partial charge on any atom is 0.256 e. The Kier molecular flexibility index (Phi) is 3.32. The fourth-order valence-corrected chi connectivity index (χ4v) is 3.64. The van der Waals surface area contributed by atoms with E-state index in [-0.39, 0.29) is 11.7 Å². The zero-order valence-corrected chi connectivity index (χ0v) is 12.8. The predicted molar refractivity (Wildman–Crippen MR) is 86.2 cm³/mol. The van der Waals surface area contributed by atoms with Crippen LogP contribution in [-0.2, 0) is 12.8 Å². The second-order valence-corrected chi connectivity index (χ2v) is 6.27. The number of halogens is 1. The maximum absolute atomic E-state index is 13.6. The van der Waals surface area contributed by atoms with Gasteiger partial charge < -0.3 is 11.1 Å². The second kappa shape index (κ2) is 5.37. The first-order chi connectivity index (χ1) is 11.1. The summed E-state index contributed by atoms with van der Waals surface area (Å²) in [5, 5.41) is 7.66. The van der Waals surface area contributed by atoms with Gasteiger partial charge in [0.1, 0.15) is 11.6 Å². The fraction of sp³-hybridized carbons (Fsp3) is 0.412. The number of aryl methyl sites for hydroxylation is 1. The average molecular weight is 314 g/mol. The summed E-state index contributed by atoms with van der Waals surface area (Å²) in [5.74, 6) is -0.449. The van der Waals surface area contributed by atoms with Gasteiger partial charge in [-0.2, -0.15) is 9.78 Å². The summed E-state index contributed by atoms with van der Waals surface area (Å²) in [6.45, 7) is 0.677. The van der Waals surface area contributed by atoms with Gasteiger partial charge in [-0.25, -0.2) is 4.39 Å². The number of carbonyl (C=O) groups excluding carboxylic acids is 1. The molecule has 1 atom stereocenters. The van der Waals surface area contributed by atoms with Gasteiger partial charge in [-0.3, -0.25) is 4.79 Å². The number of nitrogens with two attached hydrogens (primary N) is 1. The number of nitrogens with zero attached hydrogens (tertiary/aromatic N) is 2. The molecule has 1 aromatic heterocycles. The van der Waals surface area contributed by atoms with Crippen molar-refractivity contribution >= 4 is 17.4 Å². The van der Waals surface area contributed by atoms with Gasteiger partial charge in [0.2, 0.25) is 0 Å². The van der Waals surface area contributed by atoms with E-state index in [9.17, 15) is 9.18 Å². The van der Waals surface area contributed by atoms with Crippen molar-refractivity contribution in [3.63, 3.8) is 0 Å². The number of fused-ring (bicyclic) bond motifs is 2. The van der Waals surface area contributed by atoms with Crippen LogP contribution >= 0.6 is 0 Å². The molecule has 1 aromatic carbocycles. The Morgan fingerprint density at radius 1 is 1.35 bits per heavy atom. The third kappa shape index (κ3) is 2.29. The zero-order chi connectivity index (χ0) is 16.0. The number of hydrogen-bond acceptors (Lipinski definition) is 4. The molecule has 1 aliphatic carbocycles. The van der Waals surface area contributed by atoms with E-state index in [0.717, 1.165) is 42.6 Å². The Labute approximate surface area is 133 Å². The Hall–Kier alpha value is -2.37. The lowest BCUT2D eigenvalue weighted by Crippen LogP contribution is -2.28. The molecule has 4 rings (SSSR count). The zero-order valence-electron chi connectivity index (χ0n) is 12.8. The van der Waals surface area contributed by atoms with Crippen molar-refractivity contribution in [2.24, 2.45) is 0 Å². The highest BCUT2D eigenvalue weighted by Gasteiger charge is 2.31. The van der Waals surface area contributed by atoms with Gasteiger partial charge in [0.05, 0.1) is 11.6 Å². The van der Waals surface area contributed by atoms with Crippen molar-refractivity contribution in [1.82, 2.24) is 9.78 Å². The summed E-state index contributed by atoms with van der Waals surface area (Å²) in [4.78, 5) is 13.0. The lowest BCUT2D eigenvalue weighted by molar-refractivity contribution is 0.0859. The number of benzene rings is 1. The highest BCUT2D eigenvalue weighted by Crippen LogP contribution is 2.35. The molecule has 0 saturated heterocycles. The van der Waals surface area contributed by atoms with E-state index < -0.39 is 5.92 Å². The van der Waals surface area contributed by atoms with Crippen LogP contribution in [0.2, 0.25) is 0 Å². The van der Waals surface area contributed by atoms with Crippen molar-refractivity contribution in [3.05, 3.63) is 40.8 Å². The fourth-order valence-electron chi connectivity index (χ4n) is 3.64. The largest absolute Gasteiger partial charge is 0.385 e. The van der Waals surface area contributed by atoms with Gasteiger partial charge >= 0.3 is 0 Å². The van der Waals surface area contributed by atoms with Crippen LogP contribution in [0, 0.1) is 5.82 Å². The first-order valence-electron chi connectivity index (χ1n) is 8.09. The number of nitrogens with one attached hydrogen (secondary N) is 1. The summed E-state index contributed by atoms with van der Waals surface area (Å²) in [7, 11) is 0. The van der Waals surface area contributed by atoms with E-state index >= 15 is 0 Å². The molecule has 0 radical (unpaired) electrons. The first-order valence-corrected chi connectivity index (χ1v) is 8.09. The minimum absolute atomic E-state index is 0.162. The van der Waals surface area contributed by atoms with Gasteiger partial charge in [-0.15, -0.1) is 0 Å². The number of hydrogen-bond donors (Lipinski definition) is 2. The summed E-state index contributed by atoms with van der Waals surface area (Å²) >= 11 is 0. The van der Waals surface area contributed by atoms with E-state index in [0.29, 0.717) is 24.3 Å². The maximum atomic E-state index is 13.6. The standard InChI is InChI=1S/C17H19FN4O/c18-10-5-6-14-13(9-10)11(7-8-20-14)17(23)22-16(19)12-3-1-2-4-15(12)21-22/h5-6,9,11,20H,1-4,7-8,19H2. The molecule has 5 nitrogen and oxygen atoms in total. The van der Waals surface area contributed by atoms with Crippen molar-refractivity contribution in [1.29, 1.82) is 0 Å². The van der Waals surface area contributed by atoms with Gasteiger partial charge in [0.25, 0.3) is 5.91 Å². The summed E-state index contributed by atoms with van der Waals surface area (Å²) in [6.07, 6.45) is 4.53. The second-order valence-electron chi connectivity index (χ2n) is 6.27. The topological polar surface area (TPSA) is 72.9 Å². The highest BCUT2D eigenvalue weighted by molar-refractivity contribution is 5.90. The van der Waals surface area contributed by atoms with Crippen LogP contribution in [0.5, 0.6) is 0 Å². The molecule has 3 N–H and O–H groups in total. The van der Waals surface area contributed by atoms with Crippen LogP contribution in [0.25, 0.3) is 0 Å². The van der Waals surface area contributed by atoms with E-state index in [1.54, 1.807) is 6.07 Å². The molecule has 0 bridgehead atoms. The van der Waals surface area contributed by atoms with E-state index in [2.05, 4.69) is 10.4 Å². The smallest absolute Gasteiger partial charge is 0.256 e. The molecule has 120 valence electrons. The van der Waals surface area contributed by atoms with Gasteiger partial charge in [-0.1, -0.05) is 0 Å². The van der Waals surface area contributed by atoms with Crippen molar-refractivity contribution in [2.75, 3.05) is 17.6 Å². The lowest BCUT2D eigenvalue weighted by atomic mass is 9.90. The number of rotatable bonds is 1. The van der Waals surface area contributed by atoms with Crippen LogP contribution in [0.3, 0.4) is 0 Å². The summed E-state index contributed by atoms with van der Waals surface area (Å²) < 4.78 is 15.0. The summed E-state index contributed by atoms with van der Waals surface area (Å²) in [5.41, 5.74) is 9.62. The van der Waals surface area contributed by atoms with Crippen LogP contribution in [0.15, 0.2) is 18.2 Å². The molecule has 2 aromatic rings. The molecule has 0 saturated carbocycles. The molecule has 2 aliphatic rings. The minimum Gasteiger partial charge on any atom is -0.385 e. The van der Waals surface area contributed by atoms with Gasteiger partial charge in [-0.05, 0) is 55.9 Å². The predicted octanol–water partition coefficient (Wildman–Crippen LogP) is 2.72. The number of carbonyl (C=O) groups is 1. The Morgan fingerprint density at radius 3 is 3.00 bits per heavy atom. The molecule has 1 unspecified atom stereocenters. The molecule has 2 heterocycles. The molecule has 0 spiro atoms. The number of nitrogen functional groups attached to an aromatic ring is 1. The highest BCUT2D eigenvalue weighted by atomic mass is 19.1. The van der Waals surface area contributed by atoms with Gasteiger partial charge in [0.15, 0.2) is 0 Å². The van der Waals surface area contributed by atoms with Crippen LogP contribution in [0.1, 0.15) is 46.8 Å². The van der Waals surface area contributed by atoms with Crippen molar-refractivity contribution < 1.29 is 9.18 Å². The van der Waals surface area contributed by atoms with Crippen LogP contribution in [0.4, 0.5) is 15.9 Å². The molecule has 0 fully saturated rings. The number of aromatic nitrogens is 2. The molecule has 0 amide bonds. The van der Waals surface area contributed by atoms with E-state index in [4.69, 9.17) is 5.73 Å².